The molecule has 0 saturated carbocycles. The summed E-state index contributed by atoms with van der Waals surface area (Å²) in [7, 11) is 0. The second-order valence-corrected chi connectivity index (χ2v) is 7.86. The first-order valence-corrected chi connectivity index (χ1v) is 10.6. The number of hydrogen-bond donors (Lipinski definition) is 0. The third-order valence-electron chi connectivity index (χ3n) is 4.84. The van der Waals surface area contributed by atoms with Gasteiger partial charge in [0.05, 0.1) is 17.7 Å². The molecule has 0 aliphatic rings. The molecule has 5 aromatic rings. The van der Waals surface area contributed by atoms with E-state index in [0.29, 0.717) is 23.3 Å². The first-order valence-electron chi connectivity index (χ1n) is 9.61. The normalized spacial score (nSPS) is 11.2. The molecule has 0 radical (unpaired) electrons. The fourth-order valence-corrected chi connectivity index (χ4v) is 3.88. The Labute approximate surface area is 182 Å². The van der Waals surface area contributed by atoms with Crippen LogP contribution < -0.4 is 0 Å². The average molecular weight is 430 g/mol. The Morgan fingerprint density at radius 2 is 1.81 bits per heavy atom. The van der Waals surface area contributed by atoms with Crippen LogP contribution in [0.15, 0.2) is 75.1 Å². The Balaban J connectivity index is 1.48. The number of thioether (sulfide) groups is 1. The highest BCUT2D eigenvalue weighted by atomic mass is 32.2. The summed E-state index contributed by atoms with van der Waals surface area (Å²) in [5.74, 6) is 2.58. The molecule has 0 fully saturated rings. The molecule has 5 rings (SSSR count). The zero-order valence-corrected chi connectivity index (χ0v) is 17.7. The molecule has 31 heavy (non-hydrogen) atoms. The SMILES string of the molecule is Cc1ccc(-n2c(SCc3nnc(-c4ccco4)o3)nnc2-c2ccncc2)cc1C. The lowest BCUT2D eigenvalue weighted by molar-refractivity contribution is 0.494. The number of nitrogens with zero attached hydrogens (tertiary/aromatic N) is 6. The maximum Gasteiger partial charge on any atom is 0.283 e. The van der Waals surface area contributed by atoms with Gasteiger partial charge < -0.3 is 8.83 Å². The number of benzene rings is 1. The van der Waals surface area contributed by atoms with Crippen LogP contribution in [0.1, 0.15) is 17.0 Å². The van der Waals surface area contributed by atoms with Crippen molar-refractivity contribution in [3.05, 3.63) is 78.1 Å². The van der Waals surface area contributed by atoms with E-state index in [4.69, 9.17) is 8.83 Å². The topological polar surface area (TPSA) is 95.7 Å². The fourth-order valence-electron chi connectivity index (χ4n) is 3.09. The van der Waals surface area contributed by atoms with Crippen molar-refractivity contribution in [1.29, 1.82) is 0 Å². The smallest absolute Gasteiger partial charge is 0.283 e. The molecule has 0 amide bonds. The molecule has 0 unspecified atom stereocenters. The van der Waals surface area contributed by atoms with Crippen molar-refractivity contribution in [2.75, 3.05) is 0 Å². The Kier molecular flexibility index (Phi) is 5.09. The first kappa shape index (κ1) is 19.3. The number of pyridine rings is 1. The van der Waals surface area contributed by atoms with Crippen LogP contribution in [-0.2, 0) is 5.75 Å². The molecule has 0 N–H and O–H groups in total. The largest absolute Gasteiger partial charge is 0.459 e. The third-order valence-corrected chi connectivity index (χ3v) is 5.76. The van der Waals surface area contributed by atoms with Gasteiger partial charge in [0.1, 0.15) is 0 Å². The summed E-state index contributed by atoms with van der Waals surface area (Å²) in [6, 6.07) is 13.7. The van der Waals surface area contributed by atoms with E-state index in [2.05, 4.69) is 57.4 Å². The summed E-state index contributed by atoms with van der Waals surface area (Å²) in [5.41, 5.74) is 4.35. The van der Waals surface area contributed by atoms with Gasteiger partial charge in [-0.25, -0.2) is 0 Å². The van der Waals surface area contributed by atoms with Crippen LogP contribution in [0, 0.1) is 13.8 Å². The molecule has 0 spiro atoms. The van der Waals surface area contributed by atoms with E-state index in [9.17, 15) is 0 Å². The highest BCUT2D eigenvalue weighted by Gasteiger charge is 2.18. The van der Waals surface area contributed by atoms with E-state index in [1.807, 2.05) is 16.7 Å². The second kappa shape index (κ2) is 8.19. The summed E-state index contributed by atoms with van der Waals surface area (Å²) in [5, 5.41) is 17.8. The standard InChI is InChI=1S/C22H18N6O2S/c1-14-5-6-17(12-15(14)2)28-20(16-7-9-23-10-8-16)25-27-22(28)31-13-19-24-26-21(30-19)18-4-3-11-29-18/h3-12H,13H2,1-2H3. The first-order chi connectivity index (χ1) is 15.2. The second-order valence-electron chi connectivity index (χ2n) is 6.91. The summed E-state index contributed by atoms with van der Waals surface area (Å²) >= 11 is 1.48. The van der Waals surface area contributed by atoms with Gasteiger partial charge in [-0.1, -0.05) is 17.8 Å². The van der Waals surface area contributed by atoms with Crippen molar-refractivity contribution in [2.24, 2.45) is 0 Å². The van der Waals surface area contributed by atoms with Crippen LogP contribution in [-0.4, -0.2) is 29.9 Å². The van der Waals surface area contributed by atoms with Crippen molar-refractivity contribution in [1.82, 2.24) is 29.9 Å². The number of aryl methyl sites for hydroxylation is 2. The molecule has 4 heterocycles. The van der Waals surface area contributed by atoms with Gasteiger partial charge in [-0.2, -0.15) is 0 Å². The van der Waals surface area contributed by atoms with Crippen molar-refractivity contribution in [3.63, 3.8) is 0 Å². The fraction of sp³-hybridized carbons (Fsp3) is 0.136. The predicted molar refractivity (Wildman–Crippen MR) is 116 cm³/mol. The van der Waals surface area contributed by atoms with Crippen molar-refractivity contribution < 1.29 is 8.83 Å². The minimum Gasteiger partial charge on any atom is -0.459 e. The lowest BCUT2D eigenvalue weighted by atomic mass is 10.1. The molecule has 0 saturated heterocycles. The van der Waals surface area contributed by atoms with E-state index in [1.165, 1.54) is 22.9 Å². The van der Waals surface area contributed by atoms with Gasteiger partial charge in [-0.05, 0) is 61.4 Å². The van der Waals surface area contributed by atoms with Crippen LogP contribution in [0.2, 0.25) is 0 Å². The van der Waals surface area contributed by atoms with Crippen LogP contribution in [0.3, 0.4) is 0 Å². The molecule has 4 aromatic heterocycles. The maximum atomic E-state index is 5.72. The molecule has 0 bridgehead atoms. The predicted octanol–water partition coefficient (Wildman–Crippen LogP) is 4.88. The molecular formula is C22H18N6O2S. The minimum absolute atomic E-state index is 0.355. The van der Waals surface area contributed by atoms with E-state index in [1.54, 1.807) is 30.8 Å². The Morgan fingerprint density at radius 1 is 0.935 bits per heavy atom. The summed E-state index contributed by atoms with van der Waals surface area (Å²) in [4.78, 5) is 4.11. The number of rotatable bonds is 6. The third kappa shape index (κ3) is 3.87. The maximum absolute atomic E-state index is 5.72. The number of furan rings is 1. The van der Waals surface area contributed by atoms with Gasteiger partial charge >= 0.3 is 0 Å². The summed E-state index contributed by atoms with van der Waals surface area (Å²) in [6.45, 7) is 4.19. The van der Waals surface area contributed by atoms with E-state index >= 15 is 0 Å². The lowest BCUT2D eigenvalue weighted by Gasteiger charge is -2.11. The quantitative estimate of drug-likeness (QED) is 0.352. The molecule has 8 nitrogen and oxygen atoms in total. The van der Waals surface area contributed by atoms with Crippen molar-refractivity contribution in [2.45, 2.75) is 24.8 Å². The van der Waals surface area contributed by atoms with E-state index in [0.717, 1.165) is 22.2 Å². The van der Waals surface area contributed by atoms with Gasteiger partial charge in [-0.3, -0.25) is 9.55 Å². The Bertz CT molecular complexity index is 1310. The lowest BCUT2D eigenvalue weighted by Crippen LogP contribution is -2.01. The van der Waals surface area contributed by atoms with Gasteiger partial charge in [0, 0.05) is 18.0 Å². The summed E-state index contributed by atoms with van der Waals surface area (Å²) < 4.78 is 13.1. The molecule has 0 atom stereocenters. The molecule has 154 valence electrons. The van der Waals surface area contributed by atoms with Gasteiger partial charge in [0.2, 0.25) is 5.89 Å². The molecule has 0 aliphatic carbocycles. The minimum atomic E-state index is 0.355. The van der Waals surface area contributed by atoms with Crippen molar-refractivity contribution in [3.8, 4) is 28.7 Å². The number of aromatic nitrogens is 6. The monoisotopic (exact) mass is 430 g/mol. The van der Waals surface area contributed by atoms with Gasteiger partial charge in [0.25, 0.3) is 5.89 Å². The van der Waals surface area contributed by atoms with Crippen LogP contribution in [0.4, 0.5) is 0 Å². The van der Waals surface area contributed by atoms with Gasteiger partial charge in [-0.15, -0.1) is 20.4 Å². The molecule has 0 aliphatic heterocycles. The van der Waals surface area contributed by atoms with Crippen LogP contribution in [0.5, 0.6) is 0 Å². The van der Waals surface area contributed by atoms with Crippen molar-refractivity contribution >= 4 is 11.8 Å². The number of hydrogen-bond acceptors (Lipinski definition) is 8. The van der Waals surface area contributed by atoms with Gasteiger partial charge in [0.15, 0.2) is 16.7 Å². The zero-order chi connectivity index (χ0) is 21.2. The Hall–Kier alpha value is -3.72. The van der Waals surface area contributed by atoms with Crippen LogP contribution >= 0.6 is 11.8 Å². The highest BCUT2D eigenvalue weighted by Crippen LogP contribution is 2.30. The molecule has 1 aromatic carbocycles. The summed E-state index contributed by atoms with van der Waals surface area (Å²) in [6.07, 6.45) is 5.06. The molecule has 9 heteroatoms. The van der Waals surface area contributed by atoms with Crippen LogP contribution in [0.25, 0.3) is 28.7 Å². The Morgan fingerprint density at radius 3 is 2.58 bits per heavy atom. The molecular weight excluding hydrogens is 412 g/mol. The highest BCUT2D eigenvalue weighted by molar-refractivity contribution is 7.98. The average Bonchev–Trinajstić information content (AvgIpc) is 3.55. The zero-order valence-electron chi connectivity index (χ0n) is 16.9. The van der Waals surface area contributed by atoms with E-state index in [-0.39, 0.29) is 0 Å². The van der Waals surface area contributed by atoms with E-state index < -0.39 is 0 Å².